The number of benzene rings is 2. The van der Waals surface area contributed by atoms with Gasteiger partial charge in [-0.3, -0.25) is 4.79 Å². The number of hydrogen-bond donors (Lipinski definition) is 1. The van der Waals surface area contributed by atoms with Crippen molar-refractivity contribution in [3.8, 4) is 6.07 Å². The van der Waals surface area contributed by atoms with Gasteiger partial charge in [-0.05, 0) is 55.3 Å². The molecule has 0 unspecified atom stereocenters. The molecule has 0 fully saturated rings. The van der Waals surface area contributed by atoms with Crippen molar-refractivity contribution in [2.75, 3.05) is 22.5 Å². The van der Waals surface area contributed by atoms with E-state index in [0.29, 0.717) is 15.2 Å². The van der Waals surface area contributed by atoms with Crippen molar-refractivity contribution in [2.45, 2.75) is 24.6 Å². The summed E-state index contributed by atoms with van der Waals surface area (Å²) < 4.78 is 13.9. The minimum Gasteiger partial charge on any atom is -0.330 e. The van der Waals surface area contributed by atoms with Crippen LogP contribution in [0.3, 0.4) is 0 Å². The van der Waals surface area contributed by atoms with Gasteiger partial charge in [-0.2, -0.15) is 5.26 Å². The Morgan fingerprint density at radius 1 is 1.23 bits per heavy atom. The average Bonchev–Trinajstić information content (AvgIpc) is 3.19. The summed E-state index contributed by atoms with van der Waals surface area (Å²) in [6, 6.07) is 13.7. The van der Waals surface area contributed by atoms with Crippen LogP contribution in [0.5, 0.6) is 0 Å². The smallest absolute Gasteiger partial charge is 0.237 e. The third-order valence-electron chi connectivity index (χ3n) is 4.46. The molecule has 2 aromatic carbocycles. The van der Waals surface area contributed by atoms with E-state index in [1.807, 2.05) is 38.1 Å². The Bertz CT molecular complexity index is 1060. The topological polar surface area (TPSA) is 81.9 Å². The molecule has 3 rings (SSSR count). The molecule has 0 saturated heterocycles. The number of amides is 1. The molecule has 0 radical (unpaired) electrons. The molecule has 0 atom stereocenters. The highest BCUT2D eigenvalue weighted by Crippen LogP contribution is 2.30. The van der Waals surface area contributed by atoms with Crippen molar-refractivity contribution in [2.24, 2.45) is 0 Å². The van der Waals surface area contributed by atoms with Crippen LogP contribution in [0.15, 0.2) is 46.8 Å². The molecule has 3 aromatic rings. The van der Waals surface area contributed by atoms with E-state index in [0.717, 1.165) is 11.3 Å². The maximum atomic E-state index is 13.2. The number of nitrogens with zero attached hydrogens (tertiary/aromatic N) is 4. The second-order valence-electron chi connectivity index (χ2n) is 6.46. The lowest BCUT2D eigenvalue weighted by Gasteiger charge is -2.21. The summed E-state index contributed by atoms with van der Waals surface area (Å²) >= 11 is 2.65. The molecule has 154 valence electrons. The number of carbonyl (C=O) groups is 1. The molecule has 0 aliphatic heterocycles. The fourth-order valence-electron chi connectivity index (χ4n) is 2.70. The minimum absolute atomic E-state index is 0.140. The summed E-state index contributed by atoms with van der Waals surface area (Å²) in [5, 5.41) is 21.1. The molecular formula is C21H20FN5OS2. The zero-order chi connectivity index (χ0) is 21.5. The molecule has 0 aliphatic rings. The molecule has 0 saturated carbocycles. The Kier molecular flexibility index (Phi) is 7.38. The van der Waals surface area contributed by atoms with Crippen LogP contribution < -0.4 is 10.2 Å². The molecule has 1 amide bonds. The highest BCUT2D eigenvalue weighted by Gasteiger charge is 2.17. The second kappa shape index (κ2) is 10.2. The maximum absolute atomic E-state index is 13.2. The Hall–Kier alpha value is -2.96. The van der Waals surface area contributed by atoms with Crippen molar-refractivity contribution in [3.05, 3.63) is 59.4 Å². The summed E-state index contributed by atoms with van der Waals surface area (Å²) in [7, 11) is 0. The van der Waals surface area contributed by atoms with Gasteiger partial charge in [-0.15, -0.1) is 10.2 Å². The number of thioether (sulfide) groups is 1. The van der Waals surface area contributed by atoms with Crippen LogP contribution in [0.25, 0.3) is 0 Å². The lowest BCUT2D eigenvalue weighted by Crippen LogP contribution is -2.33. The summed E-state index contributed by atoms with van der Waals surface area (Å²) in [5.74, 6) is -0.416. The number of nitriles is 1. The van der Waals surface area contributed by atoms with E-state index >= 15 is 0 Å². The van der Waals surface area contributed by atoms with E-state index < -0.39 is 0 Å². The Labute approximate surface area is 182 Å². The molecule has 0 bridgehead atoms. The molecule has 9 heteroatoms. The van der Waals surface area contributed by atoms with Gasteiger partial charge in [0.2, 0.25) is 11.0 Å². The summed E-state index contributed by atoms with van der Waals surface area (Å²) in [6.45, 7) is 4.34. The van der Waals surface area contributed by atoms with Crippen LogP contribution in [0.2, 0.25) is 0 Å². The Morgan fingerprint density at radius 3 is 2.73 bits per heavy atom. The summed E-state index contributed by atoms with van der Waals surface area (Å²) in [5.41, 5.74) is 3.86. The standard InChI is InChI=1S/C21H20FN5OS2/c1-14-5-3-6-18(15(14)2)24-20-25-26-21(30-20)29-13-19(28)27(12-4-11-23)17-9-7-16(22)8-10-17/h3,5-10H,4,12-13H2,1-2H3,(H,24,25). The Morgan fingerprint density at radius 2 is 2.00 bits per heavy atom. The zero-order valence-electron chi connectivity index (χ0n) is 16.6. The first-order valence-corrected chi connectivity index (χ1v) is 11.0. The van der Waals surface area contributed by atoms with Crippen molar-refractivity contribution in [1.29, 1.82) is 5.26 Å². The lowest BCUT2D eigenvalue weighted by molar-refractivity contribution is -0.116. The zero-order valence-corrected chi connectivity index (χ0v) is 18.2. The lowest BCUT2D eigenvalue weighted by atomic mass is 10.1. The quantitative estimate of drug-likeness (QED) is 0.491. The first kappa shape index (κ1) is 21.7. The molecule has 1 heterocycles. The van der Waals surface area contributed by atoms with Gasteiger partial charge in [0, 0.05) is 17.9 Å². The minimum atomic E-state index is -0.376. The second-order valence-corrected chi connectivity index (χ2v) is 8.66. The third kappa shape index (κ3) is 5.55. The van der Waals surface area contributed by atoms with Gasteiger partial charge in [0.15, 0.2) is 4.34 Å². The van der Waals surface area contributed by atoms with Crippen molar-refractivity contribution < 1.29 is 9.18 Å². The van der Waals surface area contributed by atoms with Crippen molar-refractivity contribution in [1.82, 2.24) is 10.2 Å². The number of hydrogen-bond acceptors (Lipinski definition) is 7. The van der Waals surface area contributed by atoms with Crippen molar-refractivity contribution in [3.63, 3.8) is 0 Å². The van der Waals surface area contributed by atoms with Gasteiger partial charge >= 0.3 is 0 Å². The highest BCUT2D eigenvalue weighted by molar-refractivity contribution is 8.01. The fraction of sp³-hybridized carbons (Fsp3) is 0.238. The molecule has 0 spiro atoms. The highest BCUT2D eigenvalue weighted by atomic mass is 32.2. The van der Waals surface area contributed by atoms with E-state index in [9.17, 15) is 9.18 Å². The normalized spacial score (nSPS) is 10.5. The predicted octanol–water partition coefficient (Wildman–Crippen LogP) is 5.08. The molecule has 30 heavy (non-hydrogen) atoms. The van der Waals surface area contributed by atoms with Crippen LogP contribution >= 0.6 is 23.1 Å². The van der Waals surface area contributed by atoms with Crippen LogP contribution in [0.1, 0.15) is 17.5 Å². The number of carbonyl (C=O) groups excluding carboxylic acids is 1. The van der Waals surface area contributed by atoms with Gasteiger partial charge in [-0.1, -0.05) is 35.2 Å². The summed E-state index contributed by atoms with van der Waals surface area (Å²) in [6.07, 6.45) is 0.191. The number of nitrogens with one attached hydrogen (secondary N) is 1. The average molecular weight is 442 g/mol. The SMILES string of the molecule is Cc1cccc(Nc2nnc(SCC(=O)N(CCC#N)c3ccc(F)cc3)s2)c1C. The summed E-state index contributed by atoms with van der Waals surface area (Å²) in [4.78, 5) is 14.2. The molecular weight excluding hydrogens is 421 g/mol. The molecule has 6 nitrogen and oxygen atoms in total. The van der Waals surface area contributed by atoms with Gasteiger partial charge in [-0.25, -0.2) is 4.39 Å². The number of rotatable bonds is 8. The van der Waals surface area contributed by atoms with Gasteiger partial charge in [0.25, 0.3) is 0 Å². The molecule has 1 N–H and O–H groups in total. The number of halogens is 1. The number of aromatic nitrogens is 2. The van der Waals surface area contributed by atoms with Gasteiger partial charge in [0.05, 0.1) is 18.2 Å². The molecule has 0 aliphatic carbocycles. The largest absolute Gasteiger partial charge is 0.330 e. The maximum Gasteiger partial charge on any atom is 0.237 e. The van der Waals surface area contributed by atoms with E-state index in [-0.39, 0.29) is 30.4 Å². The van der Waals surface area contributed by atoms with Gasteiger partial charge in [0.1, 0.15) is 5.82 Å². The number of anilines is 3. The Balaban J connectivity index is 1.63. The van der Waals surface area contributed by atoms with Gasteiger partial charge < -0.3 is 10.2 Å². The van der Waals surface area contributed by atoms with E-state index in [2.05, 4.69) is 15.5 Å². The van der Waals surface area contributed by atoms with Crippen molar-refractivity contribution >= 4 is 45.5 Å². The molecule has 1 aromatic heterocycles. The monoisotopic (exact) mass is 441 g/mol. The van der Waals surface area contributed by atoms with E-state index in [4.69, 9.17) is 5.26 Å². The predicted molar refractivity (Wildman–Crippen MR) is 119 cm³/mol. The fourth-order valence-corrected chi connectivity index (χ4v) is 4.34. The first-order valence-electron chi connectivity index (χ1n) is 9.20. The third-order valence-corrected chi connectivity index (χ3v) is 6.42. The van der Waals surface area contributed by atoms with Crippen LogP contribution in [0, 0.1) is 31.0 Å². The van der Waals surface area contributed by atoms with E-state index in [1.165, 1.54) is 57.8 Å². The van der Waals surface area contributed by atoms with E-state index in [1.54, 1.807) is 0 Å². The first-order chi connectivity index (χ1) is 14.5. The van der Waals surface area contributed by atoms with Crippen LogP contribution in [0.4, 0.5) is 20.9 Å². The van der Waals surface area contributed by atoms with Crippen LogP contribution in [-0.2, 0) is 4.79 Å². The number of aryl methyl sites for hydroxylation is 1. The van der Waals surface area contributed by atoms with Crippen LogP contribution in [-0.4, -0.2) is 28.4 Å².